The van der Waals surface area contributed by atoms with Crippen molar-refractivity contribution in [1.82, 2.24) is 10.2 Å². The molecule has 152 valence electrons. The predicted octanol–water partition coefficient (Wildman–Crippen LogP) is 1.07. The lowest BCUT2D eigenvalue weighted by Gasteiger charge is -2.31. The minimum absolute atomic E-state index is 0.0893. The number of rotatable bonds is 4. The summed E-state index contributed by atoms with van der Waals surface area (Å²) in [5, 5.41) is 12.5. The van der Waals surface area contributed by atoms with E-state index < -0.39 is 38.1 Å². The van der Waals surface area contributed by atoms with Crippen LogP contribution in [0, 0.1) is 11.5 Å². The Morgan fingerprint density at radius 1 is 1.33 bits per heavy atom. The molecule has 0 radical (unpaired) electrons. The Kier molecular flexibility index (Phi) is 7.63. The summed E-state index contributed by atoms with van der Waals surface area (Å²) in [6.07, 6.45) is -0.463. The van der Waals surface area contributed by atoms with Crippen LogP contribution in [0.4, 0.5) is 0 Å². The van der Waals surface area contributed by atoms with Gasteiger partial charge in [-0.25, -0.2) is 4.79 Å². The summed E-state index contributed by atoms with van der Waals surface area (Å²) in [5.74, 6) is 1.70. The lowest BCUT2D eigenvalue weighted by Crippen LogP contribution is -2.50. The first-order valence-corrected chi connectivity index (χ1v) is 12.1. The number of likely N-dealkylation sites (tertiary alicyclic amines) is 1. The zero-order valence-electron chi connectivity index (χ0n) is 17.4. The number of nitrogens with zero attached hydrogens (tertiary/aromatic N) is 1. The third-order valence-corrected chi connectivity index (χ3v) is 9.92. The maximum Gasteiger partial charge on any atom is 0.329 e. The van der Waals surface area contributed by atoms with E-state index in [4.69, 9.17) is 4.74 Å². The van der Waals surface area contributed by atoms with Crippen LogP contribution >= 0.6 is 0 Å². The number of nitrogens with one attached hydrogen (secondary N) is 1. The number of hydrogen-bond acceptors (Lipinski definition) is 5. The molecule has 0 spiro atoms. The van der Waals surface area contributed by atoms with Crippen molar-refractivity contribution in [3.8, 4) is 11.5 Å². The summed E-state index contributed by atoms with van der Waals surface area (Å²) in [6.45, 7) is 12.2. The summed E-state index contributed by atoms with van der Waals surface area (Å²) < 4.78 is 4.78. The van der Waals surface area contributed by atoms with Crippen LogP contribution in [0.15, 0.2) is 0 Å². The molecule has 0 aromatic carbocycles. The van der Waals surface area contributed by atoms with Gasteiger partial charge in [0.2, 0.25) is 11.8 Å². The van der Waals surface area contributed by atoms with Crippen molar-refractivity contribution < 1.29 is 24.2 Å². The van der Waals surface area contributed by atoms with Gasteiger partial charge in [0.1, 0.15) is 20.2 Å². The zero-order valence-corrected chi connectivity index (χ0v) is 18.4. The number of amides is 2. The summed E-state index contributed by atoms with van der Waals surface area (Å²) in [4.78, 5) is 37.7. The standard InChI is InChI=1S/C19H32N2O5Si/c1-13(22)21-12-14(23)11-16(21)17(24)20-15(18(25)26-5)9-8-10-27(6,7)19(2,3)4/h14-16,23H,9,11-12H2,1-7H3,(H,20,24)/t14-,15+,16+/m1/s1. The number of methoxy groups -OCH3 is 1. The van der Waals surface area contributed by atoms with Crippen LogP contribution in [0.2, 0.25) is 18.1 Å². The number of aliphatic hydroxyl groups excluding tert-OH is 1. The van der Waals surface area contributed by atoms with Gasteiger partial charge in [0.15, 0.2) is 0 Å². The Labute approximate surface area is 162 Å². The SMILES string of the molecule is COC(=O)[C@H](CC#C[Si](C)(C)C(C)(C)C)NC(=O)[C@@H]1C[C@@H](O)CN1C(C)=O. The molecule has 27 heavy (non-hydrogen) atoms. The molecule has 0 aromatic rings. The number of carbonyl (C=O) groups is 3. The number of aliphatic hydroxyl groups is 1. The lowest BCUT2D eigenvalue weighted by molar-refractivity contribution is -0.146. The van der Waals surface area contributed by atoms with Crippen molar-refractivity contribution in [2.75, 3.05) is 13.7 Å². The molecule has 1 aliphatic rings. The summed E-state index contributed by atoms with van der Waals surface area (Å²) in [7, 11) is -0.575. The van der Waals surface area contributed by atoms with Gasteiger partial charge in [-0.3, -0.25) is 9.59 Å². The van der Waals surface area contributed by atoms with Gasteiger partial charge in [-0.05, 0) is 5.04 Å². The van der Waals surface area contributed by atoms with Gasteiger partial charge in [0, 0.05) is 26.3 Å². The number of carbonyl (C=O) groups excluding carboxylic acids is 3. The Balaban J connectivity index is 2.89. The highest BCUT2D eigenvalue weighted by atomic mass is 28.3. The minimum atomic E-state index is -1.83. The third-order valence-electron chi connectivity index (χ3n) is 5.37. The van der Waals surface area contributed by atoms with Crippen LogP contribution < -0.4 is 5.32 Å². The van der Waals surface area contributed by atoms with Crippen molar-refractivity contribution in [1.29, 1.82) is 0 Å². The number of esters is 1. The van der Waals surface area contributed by atoms with Crippen molar-refractivity contribution in [3.63, 3.8) is 0 Å². The summed E-state index contributed by atoms with van der Waals surface area (Å²) in [5.41, 5.74) is 3.31. The van der Waals surface area contributed by atoms with E-state index in [9.17, 15) is 19.5 Å². The van der Waals surface area contributed by atoms with Crippen molar-refractivity contribution in [2.24, 2.45) is 0 Å². The molecule has 8 heteroatoms. The van der Waals surface area contributed by atoms with Crippen LogP contribution in [0.3, 0.4) is 0 Å². The maximum atomic E-state index is 12.6. The van der Waals surface area contributed by atoms with Crippen molar-refractivity contribution in [2.45, 2.75) is 76.9 Å². The first-order valence-electron chi connectivity index (χ1n) is 9.13. The molecule has 1 heterocycles. The van der Waals surface area contributed by atoms with Gasteiger partial charge in [-0.15, -0.1) is 11.5 Å². The Bertz CT molecular complexity index is 645. The van der Waals surface area contributed by atoms with Gasteiger partial charge in [-0.1, -0.05) is 33.9 Å². The van der Waals surface area contributed by atoms with Gasteiger partial charge < -0.3 is 20.1 Å². The predicted molar refractivity (Wildman–Crippen MR) is 105 cm³/mol. The molecule has 0 bridgehead atoms. The Hall–Kier alpha value is -1.85. The van der Waals surface area contributed by atoms with E-state index in [-0.39, 0.29) is 30.3 Å². The van der Waals surface area contributed by atoms with Crippen molar-refractivity contribution in [3.05, 3.63) is 0 Å². The van der Waals surface area contributed by atoms with Crippen LogP contribution in [-0.2, 0) is 19.1 Å². The fourth-order valence-electron chi connectivity index (χ4n) is 2.58. The fraction of sp³-hybridized carbons (Fsp3) is 0.737. The van der Waals surface area contributed by atoms with E-state index in [0.29, 0.717) is 0 Å². The molecule has 0 unspecified atom stereocenters. The first-order chi connectivity index (χ1) is 12.3. The van der Waals surface area contributed by atoms with E-state index in [1.54, 1.807) is 0 Å². The van der Waals surface area contributed by atoms with Crippen LogP contribution in [-0.4, -0.2) is 67.7 Å². The second-order valence-corrected chi connectivity index (χ2v) is 13.5. The molecule has 1 fully saturated rings. The van der Waals surface area contributed by atoms with E-state index in [1.807, 2.05) is 0 Å². The Morgan fingerprint density at radius 3 is 2.41 bits per heavy atom. The average molecular weight is 397 g/mol. The minimum Gasteiger partial charge on any atom is -0.467 e. The zero-order chi connectivity index (χ0) is 21.0. The van der Waals surface area contributed by atoms with Gasteiger partial charge in [0.05, 0.1) is 13.2 Å². The fourth-order valence-corrected chi connectivity index (χ4v) is 3.49. The second-order valence-electron chi connectivity index (χ2n) is 8.54. The molecule has 0 saturated carbocycles. The molecule has 3 atom stereocenters. The molecular weight excluding hydrogens is 364 g/mol. The Morgan fingerprint density at radius 2 is 1.93 bits per heavy atom. The highest BCUT2D eigenvalue weighted by Crippen LogP contribution is 2.35. The van der Waals surface area contributed by atoms with Gasteiger partial charge >= 0.3 is 5.97 Å². The number of β-amino-alcohol motifs (C(OH)–C–C–N with tert-alkyl or cyclic N) is 1. The van der Waals surface area contributed by atoms with E-state index >= 15 is 0 Å². The lowest BCUT2D eigenvalue weighted by atomic mass is 10.1. The molecule has 7 nitrogen and oxygen atoms in total. The van der Waals surface area contributed by atoms with Gasteiger partial charge in [-0.2, -0.15) is 0 Å². The quantitative estimate of drug-likeness (QED) is 0.421. The molecule has 2 amide bonds. The molecule has 1 aliphatic heterocycles. The highest BCUT2D eigenvalue weighted by molar-refractivity contribution is 6.87. The monoisotopic (exact) mass is 396 g/mol. The molecule has 1 rings (SSSR count). The molecule has 0 aromatic heterocycles. The van der Waals surface area contributed by atoms with E-state index in [1.165, 1.54) is 18.9 Å². The smallest absolute Gasteiger partial charge is 0.329 e. The first kappa shape index (κ1) is 23.2. The van der Waals surface area contributed by atoms with Crippen LogP contribution in [0.1, 0.15) is 40.5 Å². The number of ether oxygens (including phenoxy) is 1. The van der Waals surface area contributed by atoms with Crippen molar-refractivity contribution >= 4 is 25.9 Å². The third kappa shape index (κ3) is 6.08. The van der Waals surface area contributed by atoms with E-state index in [2.05, 4.69) is 50.6 Å². The largest absolute Gasteiger partial charge is 0.467 e. The highest BCUT2D eigenvalue weighted by Gasteiger charge is 2.39. The molecule has 1 saturated heterocycles. The summed E-state index contributed by atoms with van der Waals surface area (Å²) in [6, 6.07) is -1.70. The summed E-state index contributed by atoms with van der Waals surface area (Å²) >= 11 is 0. The second kappa shape index (κ2) is 8.89. The molecule has 2 N–H and O–H groups in total. The van der Waals surface area contributed by atoms with Crippen LogP contribution in [0.5, 0.6) is 0 Å². The van der Waals surface area contributed by atoms with E-state index in [0.717, 1.165) is 0 Å². The number of hydrogen-bond donors (Lipinski definition) is 2. The molecule has 0 aliphatic carbocycles. The maximum absolute atomic E-state index is 12.6. The average Bonchev–Trinajstić information content (AvgIpc) is 2.94. The molecular formula is C19H32N2O5Si. The van der Waals surface area contributed by atoms with Crippen LogP contribution in [0.25, 0.3) is 0 Å². The topological polar surface area (TPSA) is 95.9 Å². The normalized spacial score (nSPS) is 21.1. The van der Waals surface area contributed by atoms with Gasteiger partial charge in [0.25, 0.3) is 0 Å².